The van der Waals surface area contributed by atoms with Crippen LogP contribution in [-0.2, 0) is 4.79 Å². The molecule has 5 rings (SSSR count). The molecule has 1 aliphatic rings. The zero-order chi connectivity index (χ0) is 21.2. The molecule has 2 aromatic heterocycles. The van der Waals surface area contributed by atoms with E-state index in [9.17, 15) is 4.79 Å². The van der Waals surface area contributed by atoms with Crippen LogP contribution in [0.25, 0.3) is 5.70 Å². The summed E-state index contributed by atoms with van der Waals surface area (Å²) in [4.78, 5) is 18.7. The van der Waals surface area contributed by atoms with Gasteiger partial charge in [-0.1, -0.05) is 59.2 Å². The summed E-state index contributed by atoms with van der Waals surface area (Å²) in [7, 11) is 0. The van der Waals surface area contributed by atoms with E-state index in [0.717, 1.165) is 16.8 Å². The second-order valence-corrected chi connectivity index (χ2v) is 8.14. The summed E-state index contributed by atoms with van der Waals surface area (Å²) in [5.74, 6) is 0.270. The standard InChI is InChI=1S/C21H16ClN7OS/c22-16-8-6-15(7-9-16)18-12-17(14-4-2-1-3-5-14)28(21-25-26-27-29(18)21)13-19(30)24-20-23-10-11-31-20/h1-12,18H,13H2,(H,23,24,30). The third kappa shape index (κ3) is 3.92. The number of allylic oxidation sites excluding steroid dienone is 1. The molecule has 0 aliphatic carbocycles. The number of nitrogens with zero attached hydrogens (tertiary/aromatic N) is 6. The molecule has 1 amide bonds. The van der Waals surface area contributed by atoms with E-state index in [0.29, 0.717) is 16.1 Å². The number of tetrazole rings is 1. The van der Waals surface area contributed by atoms with Gasteiger partial charge in [-0.25, -0.2) is 4.98 Å². The molecule has 8 nitrogen and oxygen atoms in total. The molecule has 0 radical (unpaired) electrons. The van der Waals surface area contributed by atoms with Crippen LogP contribution in [0.4, 0.5) is 11.1 Å². The average Bonchev–Trinajstić information content (AvgIpc) is 3.47. The summed E-state index contributed by atoms with van der Waals surface area (Å²) in [6, 6.07) is 17.2. The lowest BCUT2D eigenvalue weighted by Crippen LogP contribution is -2.37. The number of amides is 1. The molecular weight excluding hydrogens is 434 g/mol. The molecule has 31 heavy (non-hydrogen) atoms. The van der Waals surface area contributed by atoms with Crippen LogP contribution in [0.5, 0.6) is 0 Å². The number of nitrogens with one attached hydrogen (secondary N) is 1. The summed E-state index contributed by atoms with van der Waals surface area (Å²) in [6.07, 6.45) is 3.70. The molecule has 0 saturated carbocycles. The predicted octanol–water partition coefficient (Wildman–Crippen LogP) is 3.87. The van der Waals surface area contributed by atoms with Crippen LogP contribution in [0.3, 0.4) is 0 Å². The first-order valence-electron chi connectivity index (χ1n) is 9.46. The molecule has 1 N–H and O–H groups in total. The van der Waals surface area contributed by atoms with E-state index in [1.807, 2.05) is 64.9 Å². The van der Waals surface area contributed by atoms with E-state index in [2.05, 4.69) is 31.9 Å². The fraction of sp³-hybridized carbons (Fsp3) is 0.0952. The summed E-state index contributed by atoms with van der Waals surface area (Å²) < 4.78 is 1.70. The number of carbonyl (C=O) groups is 1. The quantitative estimate of drug-likeness (QED) is 0.497. The summed E-state index contributed by atoms with van der Waals surface area (Å²) in [5, 5.41) is 18.1. The Morgan fingerprint density at radius 1 is 1.13 bits per heavy atom. The van der Waals surface area contributed by atoms with E-state index in [1.165, 1.54) is 11.3 Å². The molecule has 1 atom stereocenters. The smallest absolute Gasteiger partial charge is 0.251 e. The highest BCUT2D eigenvalue weighted by atomic mass is 35.5. The van der Waals surface area contributed by atoms with Gasteiger partial charge in [-0.2, -0.15) is 4.68 Å². The lowest BCUT2D eigenvalue weighted by atomic mass is 10.0. The van der Waals surface area contributed by atoms with Gasteiger partial charge in [0.2, 0.25) is 5.91 Å². The van der Waals surface area contributed by atoms with Gasteiger partial charge >= 0.3 is 0 Å². The normalized spacial score (nSPS) is 15.3. The highest BCUT2D eigenvalue weighted by molar-refractivity contribution is 7.13. The number of hydrogen-bond acceptors (Lipinski definition) is 7. The molecule has 0 bridgehead atoms. The molecule has 10 heteroatoms. The topological polar surface area (TPSA) is 88.8 Å². The second kappa shape index (κ2) is 8.29. The molecule has 4 aromatic rings. The Balaban J connectivity index is 1.55. The average molecular weight is 450 g/mol. The predicted molar refractivity (Wildman–Crippen MR) is 120 cm³/mol. The lowest BCUT2D eigenvalue weighted by molar-refractivity contribution is -0.114. The van der Waals surface area contributed by atoms with Crippen LogP contribution in [0.15, 0.2) is 72.3 Å². The highest BCUT2D eigenvalue weighted by Crippen LogP contribution is 2.36. The van der Waals surface area contributed by atoms with Crippen LogP contribution < -0.4 is 10.2 Å². The fourth-order valence-electron chi connectivity index (χ4n) is 3.47. The summed E-state index contributed by atoms with van der Waals surface area (Å²) >= 11 is 7.44. The van der Waals surface area contributed by atoms with Gasteiger partial charge in [0.05, 0.1) is 5.70 Å². The Hall–Kier alpha value is -3.56. The van der Waals surface area contributed by atoms with Crippen molar-refractivity contribution in [1.82, 2.24) is 25.2 Å². The van der Waals surface area contributed by atoms with Crippen LogP contribution in [0, 0.1) is 0 Å². The van der Waals surface area contributed by atoms with Gasteiger partial charge in [-0.3, -0.25) is 9.69 Å². The number of thiazole rings is 1. The van der Waals surface area contributed by atoms with Crippen molar-refractivity contribution in [2.45, 2.75) is 6.04 Å². The van der Waals surface area contributed by atoms with Gasteiger partial charge in [0.1, 0.15) is 12.6 Å². The van der Waals surface area contributed by atoms with E-state index < -0.39 is 0 Å². The molecular formula is C21H16ClN7OS. The Kier molecular flexibility index (Phi) is 5.19. The molecule has 0 spiro atoms. The van der Waals surface area contributed by atoms with Crippen LogP contribution in [0.1, 0.15) is 17.2 Å². The maximum absolute atomic E-state index is 12.8. The maximum Gasteiger partial charge on any atom is 0.251 e. The lowest BCUT2D eigenvalue weighted by Gasteiger charge is -2.32. The number of aromatic nitrogens is 5. The fourth-order valence-corrected chi connectivity index (χ4v) is 4.14. The Morgan fingerprint density at radius 2 is 1.94 bits per heavy atom. The van der Waals surface area contributed by atoms with E-state index in [4.69, 9.17) is 11.6 Å². The monoisotopic (exact) mass is 449 g/mol. The van der Waals surface area contributed by atoms with Gasteiger partial charge in [0.25, 0.3) is 5.95 Å². The summed E-state index contributed by atoms with van der Waals surface area (Å²) in [5.41, 5.74) is 2.79. The number of benzene rings is 2. The first-order chi connectivity index (χ1) is 15.2. The van der Waals surface area contributed by atoms with Crippen molar-refractivity contribution in [2.24, 2.45) is 0 Å². The van der Waals surface area contributed by atoms with Crippen molar-refractivity contribution in [1.29, 1.82) is 0 Å². The van der Waals surface area contributed by atoms with E-state index >= 15 is 0 Å². The first-order valence-corrected chi connectivity index (χ1v) is 10.7. The Labute approximate surface area is 186 Å². The van der Waals surface area contributed by atoms with Crippen LogP contribution in [0.2, 0.25) is 5.02 Å². The van der Waals surface area contributed by atoms with Crippen LogP contribution >= 0.6 is 22.9 Å². The van der Waals surface area contributed by atoms with Gasteiger partial charge in [-0.05, 0) is 39.8 Å². The third-order valence-electron chi connectivity index (χ3n) is 4.85. The molecule has 0 fully saturated rings. The summed E-state index contributed by atoms with van der Waals surface area (Å²) in [6.45, 7) is 0.0357. The number of carbonyl (C=O) groups excluding carboxylic acids is 1. The van der Waals surface area contributed by atoms with Crippen molar-refractivity contribution in [2.75, 3.05) is 16.8 Å². The minimum absolute atomic E-state index is 0.0357. The molecule has 1 aliphatic heterocycles. The van der Waals surface area contributed by atoms with Gasteiger partial charge in [0, 0.05) is 16.6 Å². The molecule has 3 heterocycles. The third-order valence-corrected chi connectivity index (χ3v) is 5.79. The zero-order valence-corrected chi connectivity index (χ0v) is 17.7. The van der Waals surface area contributed by atoms with Crippen molar-refractivity contribution in [3.63, 3.8) is 0 Å². The minimum Gasteiger partial charge on any atom is -0.300 e. The van der Waals surface area contributed by atoms with Gasteiger partial charge in [-0.15, -0.1) is 11.3 Å². The second-order valence-electron chi connectivity index (χ2n) is 6.81. The minimum atomic E-state index is -0.240. The Morgan fingerprint density at radius 3 is 2.68 bits per heavy atom. The molecule has 154 valence electrons. The van der Waals surface area contributed by atoms with Crippen molar-refractivity contribution in [3.05, 3.63) is 88.4 Å². The number of rotatable bonds is 5. The Bertz CT molecular complexity index is 1220. The number of fused-ring (bicyclic) bond motifs is 1. The highest BCUT2D eigenvalue weighted by Gasteiger charge is 2.32. The largest absolute Gasteiger partial charge is 0.300 e. The maximum atomic E-state index is 12.8. The van der Waals surface area contributed by atoms with Crippen molar-refractivity contribution in [3.8, 4) is 0 Å². The zero-order valence-electron chi connectivity index (χ0n) is 16.1. The SMILES string of the molecule is O=C(CN1C(c2ccccc2)=CC(c2ccc(Cl)cc2)n2nnnc21)Nc1nccs1. The van der Waals surface area contributed by atoms with Gasteiger partial charge in [0.15, 0.2) is 5.13 Å². The molecule has 1 unspecified atom stereocenters. The molecule has 2 aromatic carbocycles. The number of hydrogen-bond donors (Lipinski definition) is 1. The van der Waals surface area contributed by atoms with Crippen LogP contribution in [-0.4, -0.2) is 37.6 Å². The van der Waals surface area contributed by atoms with E-state index in [-0.39, 0.29) is 18.5 Å². The number of halogens is 1. The van der Waals surface area contributed by atoms with Crippen molar-refractivity contribution >= 4 is 45.6 Å². The van der Waals surface area contributed by atoms with Gasteiger partial charge < -0.3 is 5.32 Å². The molecule has 0 saturated heterocycles. The number of anilines is 2. The van der Waals surface area contributed by atoms with Crippen molar-refractivity contribution < 1.29 is 4.79 Å². The van der Waals surface area contributed by atoms with E-state index in [1.54, 1.807) is 10.9 Å². The first kappa shape index (κ1) is 19.4.